The minimum Gasteiger partial charge on any atom is -0.279 e. The molecule has 3 nitrogen and oxygen atoms in total. The smallest absolute Gasteiger partial charge is 0.168 e. The zero-order valence-electron chi connectivity index (χ0n) is 12.0. The second-order valence-electron chi connectivity index (χ2n) is 5.21. The van der Waals surface area contributed by atoms with Crippen LogP contribution in [0.2, 0.25) is 0 Å². The Hall–Kier alpha value is -2.49. The van der Waals surface area contributed by atoms with Gasteiger partial charge in [-0.3, -0.25) is 4.57 Å². The minimum absolute atomic E-state index is 0.243. The highest BCUT2D eigenvalue weighted by Gasteiger charge is 2.17. The molecular weight excluding hydrogens is 265 g/mol. The highest BCUT2D eigenvalue weighted by molar-refractivity contribution is 5.58. The molecule has 0 atom stereocenters. The number of hydrogen-bond acceptors (Lipinski definition) is 2. The van der Waals surface area contributed by atoms with Crippen LogP contribution >= 0.6 is 0 Å². The van der Waals surface area contributed by atoms with Crippen molar-refractivity contribution in [1.82, 2.24) is 14.8 Å². The average Bonchev–Trinajstić information content (AvgIpc) is 2.94. The molecule has 4 heteroatoms. The molecule has 1 aromatic heterocycles. The molecular formula is C17H16FN3. The summed E-state index contributed by atoms with van der Waals surface area (Å²) in [4.78, 5) is 0. The third kappa shape index (κ3) is 2.57. The summed E-state index contributed by atoms with van der Waals surface area (Å²) in [5, 5.41) is 8.61. The fourth-order valence-corrected chi connectivity index (χ4v) is 2.29. The van der Waals surface area contributed by atoms with E-state index in [0.29, 0.717) is 0 Å². The van der Waals surface area contributed by atoms with Gasteiger partial charge < -0.3 is 0 Å². The third-order valence-electron chi connectivity index (χ3n) is 3.32. The van der Waals surface area contributed by atoms with Gasteiger partial charge in [0.05, 0.1) is 0 Å². The van der Waals surface area contributed by atoms with Gasteiger partial charge >= 0.3 is 0 Å². The number of halogens is 1. The fraction of sp³-hybridized carbons (Fsp3) is 0.176. The number of para-hydroxylation sites is 1. The molecule has 0 radical (unpaired) electrons. The molecule has 3 rings (SSSR count). The van der Waals surface area contributed by atoms with Gasteiger partial charge in [-0.15, -0.1) is 10.2 Å². The molecule has 2 aromatic carbocycles. The molecule has 0 bridgehead atoms. The van der Waals surface area contributed by atoms with E-state index in [2.05, 4.69) is 24.0 Å². The maximum Gasteiger partial charge on any atom is 0.168 e. The summed E-state index contributed by atoms with van der Waals surface area (Å²) in [5.41, 5.74) is 1.85. The molecule has 0 unspecified atom stereocenters. The van der Waals surface area contributed by atoms with Gasteiger partial charge in [0, 0.05) is 17.2 Å². The Morgan fingerprint density at radius 1 is 0.905 bits per heavy atom. The molecule has 0 aliphatic carbocycles. The van der Waals surface area contributed by atoms with Crippen molar-refractivity contribution in [2.75, 3.05) is 0 Å². The first-order chi connectivity index (χ1) is 10.2. The first kappa shape index (κ1) is 13.5. The van der Waals surface area contributed by atoms with Crippen molar-refractivity contribution in [3.05, 3.63) is 66.2 Å². The summed E-state index contributed by atoms with van der Waals surface area (Å²) >= 11 is 0. The Morgan fingerprint density at radius 3 is 2.19 bits per heavy atom. The van der Waals surface area contributed by atoms with Gasteiger partial charge in [-0.2, -0.15) is 0 Å². The van der Waals surface area contributed by atoms with Crippen molar-refractivity contribution in [3.8, 4) is 17.1 Å². The maximum absolute atomic E-state index is 13.1. The maximum atomic E-state index is 13.1. The van der Waals surface area contributed by atoms with E-state index in [0.717, 1.165) is 22.9 Å². The van der Waals surface area contributed by atoms with Crippen LogP contribution in [0.1, 0.15) is 25.6 Å². The highest BCUT2D eigenvalue weighted by atomic mass is 19.1. The van der Waals surface area contributed by atoms with E-state index in [-0.39, 0.29) is 11.7 Å². The molecule has 3 aromatic rings. The van der Waals surface area contributed by atoms with Crippen LogP contribution in [-0.4, -0.2) is 14.8 Å². The van der Waals surface area contributed by atoms with Gasteiger partial charge in [-0.05, 0) is 36.4 Å². The van der Waals surface area contributed by atoms with Crippen LogP contribution in [-0.2, 0) is 0 Å². The molecule has 0 amide bonds. The van der Waals surface area contributed by atoms with Crippen molar-refractivity contribution in [2.45, 2.75) is 19.8 Å². The van der Waals surface area contributed by atoms with E-state index in [9.17, 15) is 4.39 Å². The van der Waals surface area contributed by atoms with Gasteiger partial charge in [0.1, 0.15) is 11.6 Å². The predicted octanol–water partition coefficient (Wildman–Crippen LogP) is 4.20. The second-order valence-corrected chi connectivity index (χ2v) is 5.21. The molecule has 0 aliphatic heterocycles. The molecule has 106 valence electrons. The molecule has 0 fully saturated rings. The van der Waals surface area contributed by atoms with E-state index in [1.165, 1.54) is 12.1 Å². The Kier molecular flexibility index (Phi) is 3.52. The summed E-state index contributed by atoms with van der Waals surface area (Å²) in [6, 6.07) is 16.3. The number of rotatable bonds is 3. The summed E-state index contributed by atoms with van der Waals surface area (Å²) < 4.78 is 15.1. The summed E-state index contributed by atoms with van der Waals surface area (Å²) in [7, 11) is 0. The summed E-state index contributed by atoms with van der Waals surface area (Å²) in [5.74, 6) is 1.60. The quantitative estimate of drug-likeness (QED) is 0.720. The third-order valence-corrected chi connectivity index (χ3v) is 3.32. The SMILES string of the molecule is CC(C)c1nnc(-c2ccc(F)cc2)n1-c1ccccc1. The van der Waals surface area contributed by atoms with Crippen LogP contribution in [0.5, 0.6) is 0 Å². The normalized spacial score (nSPS) is 11.0. The first-order valence-electron chi connectivity index (χ1n) is 6.93. The number of benzene rings is 2. The Morgan fingerprint density at radius 2 is 1.57 bits per heavy atom. The number of aromatic nitrogens is 3. The molecule has 0 saturated heterocycles. The van der Waals surface area contributed by atoms with Crippen LogP contribution in [0.3, 0.4) is 0 Å². The summed E-state index contributed by atoms with van der Waals surface area (Å²) in [6.07, 6.45) is 0. The van der Waals surface area contributed by atoms with Crippen LogP contribution in [0.25, 0.3) is 17.1 Å². The molecule has 1 heterocycles. The van der Waals surface area contributed by atoms with Gasteiger partial charge in [0.25, 0.3) is 0 Å². The molecule has 0 spiro atoms. The lowest BCUT2D eigenvalue weighted by Gasteiger charge is -2.12. The van der Waals surface area contributed by atoms with Crippen molar-refractivity contribution in [2.24, 2.45) is 0 Å². The van der Waals surface area contributed by atoms with Crippen molar-refractivity contribution >= 4 is 0 Å². The Bertz CT molecular complexity index is 730. The predicted molar refractivity (Wildman–Crippen MR) is 80.8 cm³/mol. The topological polar surface area (TPSA) is 30.7 Å². The van der Waals surface area contributed by atoms with Gasteiger partial charge in [0.15, 0.2) is 5.82 Å². The van der Waals surface area contributed by atoms with Crippen molar-refractivity contribution < 1.29 is 4.39 Å². The van der Waals surface area contributed by atoms with Crippen LogP contribution in [0.15, 0.2) is 54.6 Å². The monoisotopic (exact) mass is 281 g/mol. The van der Waals surface area contributed by atoms with Gasteiger partial charge in [0.2, 0.25) is 0 Å². The molecule has 0 aliphatic rings. The highest BCUT2D eigenvalue weighted by Crippen LogP contribution is 2.26. The number of nitrogens with zero attached hydrogens (tertiary/aromatic N) is 3. The number of hydrogen-bond donors (Lipinski definition) is 0. The average molecular weight is 281 g/mol. The van der Waals surface area contributed by atoms with Crippen LogP contribution in [0, 0.1) is 5.82 Å². The lowest BCUT2D eigenvalue weighted by atomic mass is 10.1. The largest absolute Gasteiger partial charge is 0.279 e. The van der Waals surface area contributed by atoms with Crippen molar-refractivity contribution in [1.29, 1.82) is 0 Å². The van der Waals surface area contributed by atoms with E-state index < -0.39 is 0 Å². The molecule has 0 N–H and O–H groups in total. The molecule has 0 saturated carbocycles. The Labute approximate surface area is 123 Å². The lowest BCUT2D eigenvalue weighted by Crippen LogP contribution is -2.04. The van der Waals surface area contributed by atoms with E-state index in [1.54, 1.807) is 12.1 Å². The van der Waals surface area contributed by atoms with Gasteiger partial charge in [-0.1, -0.05) is 32.0 Å². The second kappa shape index (κ2) is 5.48. The minimum atomic E-state index is -0.256. The zero-order valence-corrected chi connectivity index (χ0v) is 12.0. The summed E-state index contributed by atoms with van der Waals surface area (Å²) in [6.45, 7) is 4.16. The zero-order chi connectivity index (χ0) is 14.8. The first-order valence-corrected chi connectivity index (χ1v) is 6.93. The van der Waals surface area contributed by atoms with Crippen molar-refractivity contribution in [3.63, 3.8) is 0 Å². The van der Waals surface area contributed by atoms with E-state index in [4.69, 9.17) is 0 Å². The standard InChI is InChI=1S/C17H16FN3/c1-12(2)16-19-20-17(13-8-10-14(18)11-9-13)21(16)15-6-4-3-5-7-15/h3-12H,1-2H3. The molecule has 21 heavy (non-hydrogen) atoms. The van der Waals surface area contributed by atoms with E-state index >= 15 is 0 Å². The van der Waals surface area contributed by atoms with Crippen LogP contribution in [0.4, 0.5) is 4.39 Å². The Balaban J connectivity index is 2.20. The lowest BCUT2D eigenvalue weighted by molar-refractivity contribution is 0.628. The fourth-order valence-electron chi connectivity index (χ4n) is 2.29. The van der Waals surface area contributed by atoms with Crippen LogP contribution < -0.4 is 0 Å². The van der Waals surface area contributed by atoms with Gasteiger partial charge in [-0.25, -0.2) is 4.39 Å². The van der Waals surface area contributed by atoms with E-state index in [1.807, 2.05) is 34.9 Å².